The second-order valence-electron chi connectivity index (χ2n) is 6.55. The van der Waals surface area contributed by atoms with Gasteiger partial charge in [0.25, 0.3) is 5.91 Å². The molecule has 0 aliphatic carbocycles. The average Bonchev–Trinajstić information content (AvgIpc) is 3.17. The first-order valence-corrected chi connectivity index (χ1v) is 8.70. The lowest BCUT2D eigenvalue weighted by Crippen LogP contribution is -2.13. The molecular formula is C20H20N6O. The molecule has 0 atom stereocenters. The Bertz CT molecular complexity index is 1130. The lowest BCUT2D eigenvalue weighted by Gasteiger charge is -2.06. The number of nitrogens with one attached hydrogen (secondary N) is 1. The molecule has 136 valence electrons. The fourth-order valence-electron chi connectivity index (χ4n) is 3.11. The van der Waals surface area contributed by atoms with Crippen LogP contribution >= 0.6 is 0 Å². The van der Waals surface area contributed by atoms with E-state index in [2.05, 4.69) is 20.5 Å². The van der Waals surface area contributed by atoms with Crippen molar-refractivity contribution in [1.82, 2.24) is 24.5 Å². The Hall–Kier alpha value is -3.48. The number of benzene rings is 1. The Morgan fingerprint density at radius 2 is 1.93 bits per heavy atom. The van der Waals surface area contributed by atoms with Crippen molar-refractivity contribution in [2.75, 3.05) is 5.32 Å². The minimum Gasteiger partial charge on any atom is -0.319 e. The third-order valence-corrected chi connectivity index (χ3v) is 4.66. The number of hydrogen-bond acceptors (Lipinski definition) is 4. The normalized spacial score (nSPS) is 11.1. The van der Waals surface area contributed by atoms with Crippen molar-refractivity contribution >= 4 is 22.6 Å². The van der Waals surface area contributed by atoms with Gasteiger partial charge in [-0.05, 0) is 25.5 Å². The van der Waals surface area contributed by atoms with Crippen molar-refractivity contribution in [3.63, 3.8) is 0 Å². The second-order valence-corrected chi connectivity index (χ2v) is 6.55. The van der Waals surface area contributed by atoms with Crippen LogP contribution in [0.5, 0.6) is 0 Å². The van der Waals surface area contributed by atoms with E-state index in [1.54, 1.807) is 17.1 Å². The van der Waals surface area contributed by atoms with Crippen molar-refractivity contribution in [3.05, 3.63) is 71.3 Å². The van der Waals surface area contributed by atoms with Gasteiger partial charge in [0.2, 0.25) is 0 Å². The van der Waals surface area contributed by atoms with Crippen LogP contribution in [-0.4, -0.2) is 30.5 Å². The lowest BCUT2D eigenvalue weighted by atomic mass is 10.2. The number of hydrogen-bond donors (Lipinski definition) is 1. The van der Waals surface area contributed by atoms with Crippen LogP contribution in [0.1, 0.15) is 27.3 Å². The number of rotatable bonds is 4. The summed E-state index contributed by atoms with van der Waals surface area (Å²) in [4.78, 5) is 17.1. The molecule has 0 spiro atoms. The zero-order valence-electron chi connectivity index (χ0n) is 15.5. The highest BCUT2D eigenvalue weighted by Gasteiger charge is 2.15. The predicted molar refractivity (Wildman–Crippen MR) is 104 cm³/mol. The Morgan fingerprint density at radius 3 is 2.63 bits per heavy atom. The number of anilines is 1. The van der Waals surface area contributed by atoms with Crippen molar-refractivity contribution in [2.45, 2.75) is 20.4 Å². The summed E-state index contributed by atoms with van der Waals surface area (Å²) in [5.74, 6) is -0.209. The van der Waals surface area contributed by atoms with E-state index < -0.39 is 0 Å². The smallest absolute Gasteiger partial charge is 0.257 e. The fourth-order valence-corrected chi connectivity index (χ4v) is 3.11. The van der Waals surface area contributed by atoms with E-state index in [1.165, 1.54) is 0 Å². The van der Waals surface area contributed by atoms with Gasteiger partial charge in [-0.1, -0.05) is 30.3 Å². The minimum atomic E-state index is -0.209. The molecule has 7 nitrogen and oxygen atoms in total. The molecule has 0 aliphatic heterocycles. The van der Waals surface area contributed by atoms with Crippen LogP contribution in [0.15, 0.2) is 48.8 Å². The molecule has 1 N–H and O–H groups in total. The van der Waals surface area contributed by atoms with Crippen LogP contribution in [-0.2, 0) is 13.6 Å². The third-order valence-electron chi connectivity index (χ3n) is 4.66. The largest absolute Gasteiger partial charge is 0.319 e. The fraction of sp³-hybridized carbons (Fsp3) is 0.200. The van der Waals surface area contributed by atoms with E-state index in [0.717, 1.165) is 33.7 Å². The maximum Gasteiger partial charge on any atom is 0.257 e. The molecular weight excluding hydrogens is 340 g/mol. The predicted octanol–water partition coefficient (Wildman–Crippen LogP) is 3.08. The molecule has 0 aliphatic rings. The number of amides is 1. The van der Waals surface area contributed by atoms with Crippen molar-refractivity contribution in [2.24, 2.45) is 7.05 Å². The quantitative estimate of drug-likeness (QED) is 0.607. The molecule has 3 aromatic heterocycles. The van der Waals surface area contributed by atoms with E-state index >= 15 is 0 Å². The Balaban J connectivity index is 1.59. The summed E-state index contributed by atoms with van der Waals surface area (Å²) in [6.45, 7) is 4.43. The van der Waals surface area contributed by atoms with Gasteiger partial charge in [-0.2, -0.15) is 10.2 Å². The first kappa shape index (κ1) is 17.0. The van der Waals surface area contributed by atoms with Crippen LogP contribution in [0.2, 0.25) is 0 Å². The first-order valence-electron chi connectivity index (χ1n) is 8.70. The number of aryl methyl sites for hydroxylation is 2. The summed E-state index contributed by atoms with van der Waals surface area (Å²) in [6, 6.07) is 11.9. The van der Waals surface area contributed by atoms with Gasteiger partial charge in [0.05, 0.1) is 35.4 Å². The third kappa shape index (κ3) is 3.19. The summed E-state index contributed by atoms with van der Waals surface area (Å²) < 4.78 is 3.59. The molecule has 4 aromatic rings. The van der Waals surface area contributed by atoms with Gasteiger partial charge in [0.1, 0.15) is 0 Å². The number of carbonyl (C=O) groups is 1. The molecule has 1 amide bonds. The molecule has 0 fully saturated rings. The molecule has 0 saturated heterocycles. The number of nitrogens with zero attached hydrogens (tertiary/aromatic N) is 5. The number of aromatic nitrogens is 5. The summed E-state index contributed by atoms with van der Waals surface area (Å²) >= 11 is 0. The highest BCUT2D eigenvalue weighted by molar-refractivity contribution is 6.06. The summed E-state index contributed by atoms with van der Waals surface area (Å²) in [5.41, 5.74) is 4.82. The van der Waals surface area contributed by atoms with E-state index in [9.17, 15) is 4.79 Å². The zero-order valence-corrected chi connectivity index (χ0v) is 15.5. The molecule has 4 rings (SSSR count). The van der Waals surface area contributed by atoms with Crippen LogP contribution in [0.25, 0.3) is 11.0 Å². The van der Waals surface area contributed by atoms with Gasteiger partial charge in [0.15, 0.2) is 5.65 Å². The van der Waals surface area contributed by atoms with E-state index in [-0.39, 0.29) is 5.91 Å². The highest BCUT2D eigenvalue weighted by atomic mass is 16.1. The number of carbonyl (C=O) groups excluding carboxylic acids is 1. The Kier molecular flexibility index (Phi) is 4.19. The summed E-state index contributed by atoms with van der Waals surface area (Å²) in [6.07, 6.45) is 3.32. The van der Waals surface area contributed by atoms with Gasteiger partial charge >= 0.3 is 0 Å². The topological polar surface area (TPSA) is 77.6 Å². The minimum absolute atomic E-state index is 0.209. The van der Waals surface area contributed by atoms with Crippen LogP contribution in [0, 0.1) is 13.8 Å². The maximum absolute atomic E-state index is 12.7. The molecule has 0 saturated carbocycles. The van der Waals surface area contributed by atoms with E-state index in [1.807, 2.05) is 62.0 Å². The van der Waals surface area contributed by atoms with Crippen LogP contribution in [0.3, 0.4) is 0 Å². The summed E-state index contributed by atoms with van der Waals surface area (Å²) in [7, 11) is 1.85. The van der Waals surface area contributed by atoms with E-state index in [0.29, 0.717) is 12.1 Å². The van der Waals surface area contributed by atoms with Crippen LogP contribution in [0.4, 0.5) is 5.69 Å². The van der Waals surface area contributed by atoms with Gasteiger partial charge < -0.3 is 5.32 Å². The highest BCUT2D eigenvalue weighted by Crippen LogP contribution is 2.20. The standard InChI is InChI=1S/C20H20N6O/c1-13-18(14(2)25(3)24-13)23-20(27)17-9-16-11-22-26(19(16)21-10-17)12-15-7-5-4-6-8-15/h4-11H,12H2,1-3H3,(H,23,27). The number of fused-ring (bicyclic) bond motifs is 1. The van der Waals surface area contributed by atoms with Crippen molar-refractivity contribution < 1.29 is 4.79 Å². The molecule has 1 aromatic carbocycles. The lowest BCUT2D eigenvalue weighted by molar-refractivity contribution is 0.102. The van der Waals surface area contributed by atoms with Gasteiger partial charge in [-0.3, -0.25) is 9.48 Å². The average molecular weight is 360 g/mol. The molecule has 27 heavy (non-hydrogen) atoms. The molecule has 0 unspecified atom stereocenters. The zero-order chi connectivity index (χ0) is 19.0. The van der Waals surface area contributed by atoms with Crippen molar-refractivity contribution in [1.29, 1.82) is 0 Å². The SMILES string of the molecule is Cc1nn(C)c(C)c1NC(=O)c1cnc2c(cnn2Cc2ccccc2)c1. The monoisotopic (exact) mass is 360 g/mol. The van der Waals surface area contributed by atoms with Gasteiger partial charge in [0, 0.05) is 18.6 Å². The Labute approximate surface area is 156 Å². The Morgan fingerprint density at radius 1 is 1.15 bits per heavy atom. The summed E-state index contributed by atoms with van der Waals surface area (Å²) in [5, 5.41) is 12.5. The van der Waals surface area contributed by atoms with Crippen LogP contribution < -0.4 is 5.32 Å². The second kappa shape index (κ2) is 6.68. The van der Waals surface area contributed by atoms with E-state index in [4.69, 9.17) is 0 Å². The maximum atomic E-state index is 12.7. The molecule has 3 heterocycles. The molecule has 7 heteroatoms. The molecule has 0 bridgehead atoms. The van der Waals surface area contributed by atoms with Gasteiger partial charge in [-0.15, -0.1) is 0 Å². The molecule has 0 radical (unpaired) electrons. The number of pyridine rings is 1. The van der Waals surface area contributed by atoms with Gasteiger partial charge in [-0.25, -0.2) is 9.67 Å². The van der Waals surface area contributed by atoms with Crippen molar-refractivity contribution in [3.8, 4) is 0 Å². The first-order chi connectivity index (χ1) is 13.0.